The number of anilines is 1. The Labute approximate surface area is 241 Å². The summed E-state index contributed by atoms with van der Waals surface area (Å²) in [4.78, 5) is 41.6. The predicted octanol–water partition coefficient (Wildman–Crippen LogP) is 5.93. The van der Waals surface area contributed by atoms with Crippen LogP contribution in [0.4, 0.5) is 5.00 Å². The van der Waals surface area contributed by atoms with E-state index in [1.807, 2.05) is 24.3 Å². The number of thiocarbonyl (C=S) groups is 1. The fraction of sp³-hybridized carbons (Fsp3) is 0.429. The highest BCUT2D eigenvalue weighted by atomic mass is 32.2. The number of amides is 2. The fourth-order valence-corrected chi connectivity index (χ4v) is 7.44. The Hall–Kier alpha value is -2.89. The third-order valence-corrected chi connectivity index (χ3v) is 9.34. The molecule has 1 aromatic carbocycles. The van der Waals surface area contributed by atoms with E-state index in [-0.39, 0.29) is 24.6 Å². The van der Waals surface area contributed by atoms with Gasteiger partial charge < -0.3 is 19.5 Å². The quantitative estimate of drug-likeness (QED) is 0.158. The molecule has 0 spiro atoms. The SMILES string of the molecule is CCOC(=O)c1c(NC(=O)CCCCCN2C(=O)/C(=C/c3ccc4c(c3)OCO4)SC2=S)sc2c1CCCC2. The van der Waals surface area contributed by atoms with Crippen molar-refractivity contribution in [3.05, 3.63) is 44.7 Å². The summed E-state index contributed by atoms with van der Waals surface area (Å²) < 4.78 is 16.6. The van der Waals surface area contributed by atoms with E-state index in [1.165, 1.54) is 28.0 Å². The van der Waals surface area contributed by atoms with Crippen molar-refractivity contribution < 1.29 is 28.6 Å². The van der Waals surface area contributed by atoms with Gasteiger partial charge in [0.15, 0.2) is 11.5 Å². The van der Waals surface area contributed by atoms with Gasteiger partial charge in [0, 0.05) is 17.8 Å². The molecule has 0 saturated carbocycles. The van der Waals surface area contributed by atoms with Crippen molar-refractivity contribution in [2.24, 2.45) is 0 Å². The van der Waals surface area contributed by atoms with Crippen molar-refractivity contribution in [3.63, 3.8) is 0 Å². The van der Waals surface area contributed by atoms with Gasteiger partial charge in [0.1, 0.15) is 9.32 Å². The highest BCUT2D eigenvalue weighted by Crippen LogP contribution is 2.39. The fourth-order valence-electron chi connectivity index (χ4n) is 4.84. The molecule has 0 unspecified atom stereocenters. The van der Waals surface area contributed by atoms with Crippen molar-refractivity contribution in [2.45, 2.75) is 58.3 Å². The van der Waals surface area contributed by atoms with Crippen molar-refractivity contribution in [3.8, 4) is 11.5 Å². The summed E-state index contributed by atoms with van der Waals surface area (Å²) in [6.07, 6.45) is 8.26. The molecule has 1 aromatic heterocycles. The molecule has 5 rings (SSSR count). The van der Waals surface area contributed by atoms with Crippen molar-refractivity contribution >= 4 is 68.5 Å². The first kappa shape index (κ1) is 27.7. The molecule has 2 aliphatic heterocycles. The van der Waals surface area contributed by atoms with E-state index >= 15 is 0 Å². The number of esters is 1. The van der Waals surface area contributed by atoms with E-state index in [9.17, 15) is 14.4 Å². The van der Waals surface area contributed by atoms with Crippen LogP contribution in [-0.2, 0) is 27.2 Å². The molecule has 1 N–H and O–H groups in total. The number of thiophene rings is 1. The van der Waals surface area contributed by atoms with Gasteiger partial charge in [-0.15, -0.1) is 11.3 Å². The molecular weight excluding hydrogens is 557 g/mol. The van der Waals surface area contributed by atoms with Gasteiger partial charge in [-0.25, -0.2) is 4.79 Å². The number of thioether (sulfide) groups is 1. The van der Waals surface area contributed by atoms with Crippen LogP contribution in [0.25, 0.3) is 6.08 Å². The summed E-state index contributed by atoms with van der Waals surface area (Å²) in [5, 5.41) is 3.57. The van der Waals surface area contributed by atoms with Gasteiger partial charge in [-0.2, -0.15) is 0 Å². The number of aryl methyl sites for hydroxylation is 1. The molecule has 206 valence electrons. The Morgan fingerprint density at radius 3 is 2.82 bits per heavy atom. The number of hydrogen-bond donors (Lipinski definition) is 1. The average Bonchev–Trinajstić information content (AvgIpc) is 3.60. The Kier molecular flexibility index (Phi) is 8.89. The summed E-state index contributed by atoms with van der Waals surface area (Å²) >= 11 is 8.25. The van der Waals surface area contributed by atoms with Crippen LogP contribution >= 0.6 is 35.3 Å². The second-order valence-electron chi connectivity index (χ2n) is 9.44. The number of fused-ring (bicyclic) bond motifs is 2. The maximum atomic E-state index is 12.9. The molecule has 1 saturated heterocycles. The minimum atomic E-state index is -0.358. The molecular formula is C28H30N2O6S3. The van der Waals surface area contributed by atoms with Gasteiger partial charge in [0.05, 0.1) is 17.1 Å². The lowest BCUT2D eigenvalue weighted by molar-refractivity contribution is -0.122. The Morgan fingerprint density at radius 1 is 1.15 bits per heavy atom. The zero-order valence-corrected chi connectivity index (χ0v) is 24.2. The van der Waals surface area contributed by atoms with Gasteiger partial charge in [-0.05, 0) is 74.8 Å². The van der Waals surface area contributed by atoms with Crippen LogP contribution in [0, 0.1) is 0 Å². The third kappa shape index (κ3) is 6.31. The molecule has 11 heteroatoms. The molecule has 1 fully saturated rings. The Morgan fingerprint density at radius 2 is 1.97 bits per heavy atom. The maximum absolute atomic E-state index is 12.9. The third-order valence-electron chi connectivity index (χ3n) is 6.76. The second kappa shape index (κ2) is 12.5. The zero-order chi connectivity index (χ0) is 27.4. The first-order valence-electron chi connectivity index (χ1n) is 13.2. The van der Waals surface area contributed by atoms with Crippen LogP contribution in [0.2, 0.25) is 0 Å². The molecule has 3 aliphatic rings. The number of hydrogen-bond acceptors (Lipinski definition) is 9. The van der Waals surface area contributed by atoms with E-state index in [4.69, 9.17) is 26.4 Å². The van der Waals surface area contributed by atoms with Gasteiger partial charge in [0.2, 0.25) is 12.7 Å². The summed E-state index contributed by atoms with van der Waals surface area (Å²) in [6, 6.07) is 5.56. The van der Waals surface area contributed by atoms with Crippen LogP contribution in [0.3, 0.4) is 0 Å². The van der Waals surface area contributed by atoms with Crippen molar-refractivity contribution in [1.82, 2.24) is 4.90 Å². The van der Waals surface area contributed by atoms with Gasteiger partial charge >= 0.3 is 5.97 Å². The smallest absolute Gasteiger partial charge is 0.341 e. The van der Waals surface area contributed by atoms with E-state index in [1.54, 1.807) is 11.8 Å². The summed E-state index contributed by atoms with van der Waals surface area (Å²) in [5.41, 5.74) is 2.42. The lowest BCUT2D eigenvalue weighted by Crippen LogP contribution is -2.29. The lowest BCUT2D eigenvalue weighted by Gasteiger charge is -2.14. The molecule has 3 heterocycles. The van der Waals surface area contributed by atoms with Crippen LogP contribution in [-0.4, -0.2) is 46.9 Å². The van der Waals surface area contributed by atoms with Crippen molar-refractivity contribution in [1.29, 1.82) is 0 Å². The Bertz CT molecular complexity index is 1330. The molecule has 8 nitrogen and oxygen atoms in total. The number of nitrogens with zero attached hydrogens (tertiary/aromatic N) is 1. The van der Waals surface area contributed by atoms with E-state index in [2.05, 4.69) is 5.32 Å². The predicted molar refractivity (Wildman–Crippen MR) is 156 cm³/mol. The molecule has 0 bridgehead atoms. The summed E-state index contributed by atoms with van der Waals surface area (Å²) in [7, 11) is 0. The number of carbonyl (C=O) groups excluding carboxylic acids is 3. The normalized spacial score (nSPS) is 17.1. The van der Waals surface area contributed by atoms with Gasteiger partial charge in [0.25, 0.3) is 5.91 Å². The van der Waals surface area contributed by atoms with Gasteiger partial charge in [-0.1, -0.05) is 36.5 Å². The van der Waals surface area contributed by atoms with Gasteiger partial charge in [-0.3, -0.25) is 14.5 Å². The average molecular weight is 587 g/mol. The van der Waals surface area contributed by atoms with Crippen molar-refractivity contribution in [2.75, 3.05) is 25.3 Å². The molecule has 1 aliphatic carbocycles. The van der Waals surface area contributed by atoms with E-state index in [0.29, 0.717) is 57.3 Å². The number of carbonyl (C=O) groups is 3. The number of unbranched alkanes of at least 4 members (excludes halogenated alkanes) is 2. The summed E-state index contributed by atoms with van der Waals surface area (Å²) in [5.74, 6) is 0.787. The first-order chi connectivity index (χ1) is 18.9. The number of benzene rings is 1. The monoisotopic (exact) mass is 586 g/mol. The van der Waals surface area contributed by atoms with Crippen LogP contribution in [0.15, 0.2) is 23.1 Å². The number of ether oxygens (including phenoxy) is 3. The minimum absolute atomic E-state index is 0.103. The minimum Gasteiger partial charge on any atom is -0.462 e. The second-order valence-corrected chi connectivity index (χ2v) is 12.2. The molecule has 2 amide bonds. The number of rotatable bonds is 10. The topological polar surface area (TPSA) is 94.2 Å². The van der Waals surface area contributed by atoms with E-state index < -0.39 is 0 Å². The Balaban J connectivity index is 1.09. The molecule has 0 atom stereocenters. The highest BCUT2D eigenvalue weighted by Gasteiger charge is 2.32. The standard InChI is InChI=1S/C28H30N2O6S3/c1-2-34-27(33)24-18-8-5-6-9-21(18)38-25(24)29-23(31)10-4-3-7-13-30-26(32)22(39-28(30)37)15-17-11-12-19-20(14-17)36-16-35-19/h11-12,14-15H,2-10,13,16H2,1H3,(H,29,31)/b22-15-. The summed E-state index contributed by atoms with van der Waals surface area (Å²) in [6.45, 7) is 2.79. The highest BCUT2D eigenvalue weighted by molar-refractivity contribution is 8.26. The lowest BCUT2D eigenvalue weighted by atomic mass is 9.95. The largest absolute Gasteiger partial charge is 0.462 e. The molecule has 2 aromatic rings. The molecule has 0 radical (unpaired) electrons. The van der Waals surface area contributed by atoms with E-state index in [0.717, 1.165) is 49.7 Å². The van der Waals surface area contributed by atoms with Crippen LogP contribution in [0.5, 0.6) is 11.5 Å². The number of nitrogens with one attached hydrogen (secondary N) is 1. The molecule has 39 heavy (non-hydrogen) atoms. The van der Waals surface area contributed by atoms with Crippen LogP contribution in [0.1, 0.15) is 71.8 Å². The zero-order valence-electron chi connectivity index (χ0n) is 21.7. The maximum Gasteiger partial charge on any atom is 0.341 e. The van der Waals surface area contributed by atoms with Crippen LogP contribution < -0.4 is 14.8 Å². The first-order valence-corrected chi connectivity index (χ1v) is 15.2.